The van der Waals surface area contributed by atoms with Crippen molar-refractivity contribution in [3.8, 4) is 5.75 Å². The number of nitrogens with zero attached hydrogens (tertiary/aromatic N) is 2. The van der Waals surface area contributed by atoms with Crippen molar-refractivity contribution >= 4 is 29.1 Å². The van der Waals surface area contributed by atoms with Crippen LogP contribution < -0.4 is 15.0 Å². The van der Waals surface area contributed by atoms with E-state index in [0.29, 0.717) is 22.7 Å². The third-order valence-corrected chi connectivity index (χ3v) is 6.44. The fourth-order valence-corrected chi connectivity index (χ4v) is 4.35. The van der Waals surface area contributed by atoms with E-state index in [4.69, 9.17) is 4.74 Å². The van der Waals surface area contributed by atoms with E-state index in [1.807, 2.05) is 29.2 Å². The summed E-state index contributed by atoms with van der Waals surface area (Å²) in [6.07, 6.45) is 2.43. The van der Waals surface area contributed by atoms with Crippen LogP contribution in [0, 0.1) is 0 Å². The highest BCUT2D eigenvalue weighted by Crippen LogP contribution is 2.36. The van der Waals surface area contributed by atoms with Crippen molar-refractivity contribution in [2.45, 2.75) is 58.5 Å². The summed E-state index contributed by atoms with van der Waals surface area (Å²) < 4.78 is 5.76. The zero-order chi connectivity index (χ0) is 24.5. The van der Waals surface area contributed by atoms with Crippen molar-refractivity contribution in [1.82, 2.24) is 4.90 Å². The minimum Gasteiger partial charge on any atom is -0.479 e. The summed E-state index contributed by atoms with van der Waals surface area (Å²) in [5.41, 5.74) is 2.73. The Kier molecular flexibility index (Phi) is 6.64. The lowest BCUT2D eigenvalue weighted by Crippen LogP contribution is -2.50. The summed E-state index contributed by atoms with van der Waals surface area (Å²) in [4.78, 5) is 42.0. The van der Waals surface area contributed by atoms with E-state index in [-0.39, 0.29) is 29.7 Å². The van der Waals surface area contributed by atoms with Crippen LogP contribution >= 0.6 is 0 Å². The third-order valence-electron chi connectivity index (χ3n) is 6.44. The summed E-state index contributed by atoms with van der Waals surface area (Å²) in [6, 6.07) is 12.7. The number of fused-ring (bicyclic) bond motifs is 1. The van der Waals surface area contributed by atoms with E-state index in [1.54, 1.807) is 25.1 Å². The Hall–Kier alpha value is -3.35. The van der Waals surface area contributed by atoms with Crippen LogP contribution in [0.4, 0.5) is 11.4 Å². The van der Waals surface area contributed by atoms with Crippen LogP contribution in [0.3, 0.4) is 0 Å². The van der Waals surface area contributed by atoms with Gasteiger partial charge in [-0.3, -0.25) is 19.3 Å². The predicted molar refractivity (Wildman–Crippen MR) is 132 cm³/mol. The number of amides is 3. The molecule has 0 aromatic heterocycles. The Morgan fingerprint density at radius 3 is 2.35 bits per heavy atom. The summed E-state index contributed by atoms with van der Waals surface area (Å²) in [7, 11) is 0. The molecule has 34 heavy (non-hydrogen) atoms. The number of hydrogen-bond acceptors (Lipinski definition) is 4. The van der Waals surface area contributed by atoms with E-state index >= 15 is 0 Å². The van der Waals surface area contributed by atoms with Gasteiger partial charge in [0, 0.05) is 24.3 Å². The molecule has 2 aliphatic heterocycles. The zero-order valence-corrected chi connectivity index (χ0v) is 20.4. The number of nitrogens with one attached hydrogen (secondary N) is 1. The lowest BCUT2D eigenvalue weighted by atomic mass is 9.87. The van der Waals surface area contributed by atoms with Gasteiger partial charge in [0.25, 0.3) is 11.8 Å². The Balaban J connectivity index is 1.53. The Bertz CT molecular complexity index is 1080. The van der Waals surface area contributed by atoms with Crippen molar-refractivity contribution < 1.29 is 19.1 Å². The van der Waals surface area contributed by atoms with E-state index in [0.717, 1.165) is 37.9 Å². The van der Waals surface area contributed by atoms with Crippen LogP contribution in [-0.4, -0.2) is 48.4 Å². The van der Waals surface area contributed by atoms with Crippen LogP contribution in [0.5, 0.6) is 5.75 Å². The van der Waals surface area contributed by atoms with Crippen LogP contribution in [0.15, 0.2) is 42.5 Å². The molecule has 1 atom stereocenters. The molecule has 0 radical (unpaired) electrons. The molecule has 2 aliphatic rings. The summed E-state index contributed by atoms with van der Waals surface area (Å²) in [5, 5.41) is 2.90. The maximum Gasteiger partial charge on any atom is 0.268 e. The summed E-state index contributed by atoms with van der Waals surface area (Å²) >= 11 is 0. The SMILES string of the molecule is CC1Oc2ccc(NC(=O)c3ccc(C(C)(C)C)cc3)cc2N(CC(=O)N2CCCCC2)C1=O. The fraction of sp³-hybridized carbons (Fsp3) is 0.444. The molecule has 0 spiro atoms. The zero-order valence-electron chi connectivity index (χ0n) is 20.4. The first-order chi connectivity index (χ1) is 16.1. The molecule has 7 nitrogen and oxygen atoms in total. The number of carbonyl (C=O) groups is 3. The maximum atomic E-state index is 12.9. The van der Waals surface area contributed by atoms with Gasteiger partial charge in [-0.1, -0.05) is 32.9 Å². The first-order valence-corrected chi connectivity index (χ1v) is 12.0. The second kappa shape index (κ2) is 9.49. The first kappa shape index (κ1) is 23.8. The van der Waals surface area contributed by atoms with Gasteiger partial charge >= 0.3 is 0 Å². The van der Waals surface area contributed by atoms with Gasteiger partial charge in [-0.05, 0) is 67.5 Å². The molecule has 0 bridgehead atoms. The Morgan fingerprint density at radius 1 is 1.03 bits per heavy atom. The van der Waals surface area contributed by atoms with Gasteiger partial charge in [0.15, 0.2) is 6.10 Å². The number of carbonyl (C=O) groups excluding carboxylic acids is 3. The quantitative estimate of drug-likeness (QED) is 0.731. The number of benzene rings is 2. The molecule has 180 valence electrons. The monoisotopic (exact) mass is 463 g/mol. The van der Waals surface area contributed by atoms with Gasteiger partial charge in [-0.25, -0.2) is 0 Å². The standard InChI is InChI=1S/C27H33N3O4/c1-18-26(33)30(17-24(31)29-14-6-5-7-15-29)22-16-21(12-13-23(22)34-18)28-25(32)19-8-10-20(11-9-19)27(2,3)4/h8-13,16,18H,5-7,14-15,17H2,1-4H3,(H,28,32). The number of hydrogen-bond donors (Lipinski definition) is 1. The average Bonchev–Trinajstić information content (AvgIpc) is 2.82. The maximum absolute atomic E-state index is 12.9. The lowest BCUT2D eigenvalue weighted by Gasteiger charge is -2.35. The largest absolute Gasteiger partial charge is 0.479 e. The highest BCUT2D eigenvalue weighted by Gasteiger charge is 2.34. The molecule has 0 saturated carbocycles. The van der Waals surface area contributed by atoms with Gasteiger partial charge in [0.1, 0.15) is 12.3 Å². The second-order valence-corrected chi connectivity index (χ2v) is 10.1. The van der Waals surface area contributed by atoms with E-state index in [2.05, 4.69) is 26.1 Å². The van der Waals surface area contributed by atoms with Crippen molar-refractivity contribution in [1.29, 1.82) is 0 Å². The molecular formula is C27H33N3O4. The first-order valence-electron chi connectivity index (χ1n) is 12.0. The highest BCUT2D eigenvalue weighted by atomic mass is 16.5. The third kappa shape index (κ3) is 5.08. The van der Waals surface area contributed by atoms with Crippen molar-refractivity contribution in [3.63, 3.8) is 0 Å². The summed E-state index contributed by atoms with van der Waals surface area (Å²) in [5.74, 6) is -0.0561. The molecule has 1 N–H and O–H groups in total. The van der Waals surface area contributed by atoms with Gasteiger partial charge < -0.3 is 15.0 Å². The van der Waals surface area contributed by atoms with E-state index < -0.39 is 6.10 Å². The number of ether oxygens (including phenoxy) is 1. The summed E-state index contributed by atoms with van der Waals surface area (Å²) in [6.45, 7) is 9.48. The van der Waals surface area contributed by atoms with E-state index in [9.17, 15) is 14.4 Å². The molecule has 7 heteroatoms. The molecule has 1 unspecified atom stereocenters. The lowest BCUT2D eigenvalue weighted by molar-refractivity contribution is -0.133. The molecule has 2 aromatic carbocycles. The van der Waals surface area contributed by atoms with Gasteiger partial charge in [0.2, 0.25) is 5.91 Å². The van der Waals surface area contributed by atoms with Gasteiger partial charge in [-0.15, -0.1) is 0 Å². The molecule has 4 rings (SSSR count). The highest BCUT2D eigenvalue weighted by molar-refractivity contribution is 6.07. The van der Waals surface area contributed by atoms with Crippen molar-refractivity contribution in [3.05, 3.63) is 53.6 Å². The molecule has 1 fully saturated rings. The van der Waals surface area contributed by atoms with Gasteiger partial charge in [0.05, 0.1) is 5.69 Å². The number of piperidine rings is 1. The average molecular weight is 464 g/mol. The van der Waals surface area contributed by atoms with Gasteiger partial charge in [-0.2, -0.15) is 0 Å². The van der Waals surface area contributed by atoms with Crippen molar-refractivity contribution in [2.75, 3.05) is 29.9 Å². The molecule has 1 saturated heterocycles. The van der Waals surface area contributed by atoms with Crippen LogP contribution in [0.25, 0.3) is 0 Å². The molecular weight excluding hydrogens is 430 g/mol. The smallest absolute Gasteiger partial charge is 0.268 e. The van der Waals surface area contributed by atoms with Crippen LogP contribution in [0.1, 0.15) is 62.9 Å². The number of rotatable bonds is 4. The Morgan fingerprint density at radius 2 is 1.71 bits per heavy atom. The fourth-order valence-electron chi connectivity index (χ4n) is 4.35. The Labute approximate surface area is 201 Å². The minimum atomic E-state index is -0.677. The molecule has 0 aliphatic carbocycles. The number of likely N-dealkylation sites (tertiary alicyclic amines) is 1. The molecule has 3 amide bonds. The normalized spacial score (nSPS) is 18.2. The second-order valence-electron chi connectivity index (χ2n) is 10.1. The van der Waals surface area contributed by atoms with Crippen molar-refractivity contribution in [2.24, 2.45) is 0 Å². The van der Waals surface area contributed by atoms with Crippen LogP contribution in [-0.2, 0) is 15.0 Å². The predicted octanol–water partition coefficient (Wildman–Crippen LogP) is 4.36. The molecule has 2 heterocycles. The molecule has 2 aromatic rings. The number of anilines is 2. The minimum absolute atomic E-state index is 0.00621. The van der Waals surface area contributed by atoms with Crippen LogP contribution in [0.2, 0.25) is 0 Å². The topological polar surface area (TPSA) is 79.0 Å². The van der Waals surface area contributed by atoms with E-state index in [1.165, 1.54) is 4.90 Å².